The molecule has 0 spiro atoms. The number of esters is 2. The van der Waals surface area contributed by atoms with Crippen molar-refractivity contribution >= 4 is 29.5 Å². The number of hydrogen-bond donors (Lipinski definition) is 6. The van der Waals surface area contributed by atoms with Gasteiger partial charge in [0.25, 0.3) is 0 Å². The lowest BCUT2D eigenvalue weighted by Gasteiger charge is -2.24. The van der Waals surface area contributed by atoms with Crippen molar-refractivity contribution in [1.29, 1.82) is 0 Å². The van der Waals surface area contributed by atoms with Crippen molar-refractivity contribution in [2.45, 2.75) is 63.2 Å². The monoisotopic (exact) mass is 671 g/mol. The molecule has 0 saturated heterocycles. The summed E-state index contributed by atoms with van der Waals surface area (Å²) in [5.41, 5.74) is 1.48. The number of hydrogen-bond acceptors (Lipinski definition) is 12. The van der Waals surface area contributed by atoms with E-state index in [0.717, 1.165) is 38.0 Å². The number of nitrogens with one attached hydrogen (secondary N) is 3. The molecule has 2 aliphatic heterocycles. The third-order valence-corrected chi connectivity index (χ3v) is 7.74. The topological polar surface area (TPSA) is 210 Å². The molecule has 2 aromatic carbocycles. The maximum absolute atomic E-state index is 12.1. The first kappa shape index (κ1) is 37.9. The number of aromatic hydroxyl groups is 2. The molecule has 48 heavy (non-hydrogen) atoms. The van der Waals surface area contributed by atoms with Gasteiger partial charge < -0.3 is 45.5 Å². The van der Waals surface area contributed by atoms with E-state index in [1.807, 2.05) is 0 Å². The summed E-state index contributed by atoms with van der Waals surface area (Å²) < 4.78 is 15.2. The average molecular weight is 672 g/mol. The summed E-state index contributed by atoms with van der Waals surface area (Å²) in [6.07, 6.45) is 3.91. The highest BCUT2D eigenvalue weighted by molar-refractivity contribution is 5.83. The van der Waals surface area contributed by atoms with E-state index in [1.165, 1.54) is 18.2 Å². The number of aliphatic hydroxyl groups excluding tert-OH is 1. The molecular weight excluding hydrogens is 626 g/mol. The van der Waals surface area contributed by atoms with E-state index >= 15 is 0 Å². The Hall–Kier alpha value is -4.53. The molecule has 2 unspecified atom stereocenters. The van der Waals surface area contributed by atoms with Gasteiger partial charge in [0.15, 0.2) is 5.78 Å². The Labute approximate surface area is 279 Å². The largest absolute Gasteiger partial charge is 0.508 e. The van der Waals surface area contributed by atoms with Crippen LogP contribution >= 0.6 is 0 Å². The number of rotatable bonds is 17. The molecule has 0 fully saturated rings. The number of phenols is 2. The van der Waals surface area contributed by atoms with Gasteiger partial charge in [0.05, 0.1) is 12.8 Å². The molecule has 262 valence electrons. The van der Waals surface area contributed by atoms with Gasteiger partial charge in [0.2, 0.25) is 11.8 Å². The molecule has 0 bridgehead atoms. The molecule has 14 heteroatoms. The quantitative estimate of drug-likeness (QED) is 0.0810. The predicted octanol–water partition coefficient (Wildman–Crippen LogP) is 1.94. The third kappa shape index (κ3) is 12.9. The third-order valence-electron chi connectivity index (χ3n) is 7.74. The van der Waals surface area contributed by atoms with Gasteiger partial charge in [0.1, 0.15) is 29.6 Å². The Morgan fingerprint density at radius 1 is 0.771 bits per heavy atom. The highest BCUT2D eigenvalue weighted by Gasteiger charge is 2.30. The molecule has 0 aromatic heterocycles. The summed E-state index contributed by atoms with van der Waals surface area (Å²) in [6.45, 7) is 2.60. The Kier molecular flexibility index (Phi) is 15.8. The van der Waals surface area contributed by atoms with Crippen LogP contribution in [0.3, 0.4) is 0 Å². The zero-order valence-electron chi connectivity index (χ0n) is 27.1. The lowest BCUT2D eigenvalue weighted by atomic mass is 9.89. The van der Waals surface area contributed by atoms with Crippen LogP contribution in [-0.2, 0) is 28.7 Å². The zero-order chi connectivity index (χ0) is 34.9. The number of Topliss-reactive ketones (excluding diaryl/α,β-unsaturated/α-hetero) is 1. The molecule has 6 N–H and O–H groups in total. The van der Waals surface area contributed by atoms with Crippen LogP contribution in [-0.4, -0.2) is 91.4 Å². The number of fused-ring (bicyclic) bond motifs is 2. The van der Waals surface area contributed by atoms with E-state index < -0.39 is 12.6 Å². The molecule has 14 nitrogen and oxygen atoms in total. The van der Waals surface area contributed by atoms with Gasteiger partial charge in [-0.3, -0.25) is 24.0 Å². The van der Waals surface area contributed by atoms with Crippen LogP contribution < -0.4 is 25.4 Å². The van der Waals surface area contributed by atoms with Gasteiger partial charge in [0, 0.05) is 76.6 Å². The molecule has 2 aliphatic rings. The second kappa shape index (κ2) is 20.0. The fourth-order valence-corrected chi connectivity index (χ4v) is 5.31. The minimum absolute atomic E-state index is 0.0147. The zero-order valence-corrected chi connectivity index (χ0v) is 27.1. The number of aliphatic hydroxyl groups is 1. The Bertz CT molecular complexity index is 1410. The second-order valence-electron chi connectivity index (χ2n) is 11.6. The summed E-state index contributed by atoms with van der Waals surface area (Å²) in [5.74, 6) is -1.47. The van der Waals surface area contributed by atoms with Gasteiger partial charge >= 0.3 is 11.9 Å². The van der Waals surface area contributed by atoms with E-state index in [9.17, 15) is 34.2 Å². The molecule has 2 heterocycles. The number of ether oxygens (including phenoxy) is 3. The van der Waals surface area contributed by atoms with Crippen molar-refractivity contribution in [1.82, 2.24) is 16.0 Å². The van der Waals surface area contributed by atoms with Crippen molar-refractivity contribution in [2.75, 3.05) is 46.5 Å². The molecule has 0 radical (unpaired) electrons. The molecule has 0 aliphatic carbocycles. The average Bonchev–Trinajstić information content (AvgIpc) is 3.03. The van der Waals surface area contributed by atoms with E-state index in [-0.39, 0.29) is 91.3 Å². The van der Waals surface area contributed by atoms with Crippen LogP contribution in [0.15, 0.2) is 36.4 Å². The molecule has 2 aromatic rings. The van der Waals surface area contributed by atoms with Crippen LogP contribution in [0.2, 0.25) is 0 Å². The first-order chi connectivity index (χ1) is 23.1. The van der Waals surface area contributed by atoms with Gasteiger partial charge in [-0.05, 0) is 49.1 Å². The van der Waals surface area contributed by atoms with Crippen LogP contribution in [0.4, 0.5) is 0 Å². The number of ketones is 1. The Morgan fingerprint density at radius 2 is 1.31 bits per heavy atom. The number of methoxy groups -OCH3 is 1. The van der Waals surface area contributed by atoms with Crippen molar-refractivity contribution in [3.63, 3.8) is 0 Å². The summed E-state index contributed by atoms with van der Waals surface area (Å²) in [4.78, 5) is 58.2. The number of benzene rings is 2. The molecule has 2 atom stereocenters. The highest BCUT2D eigenvalue weighted by Crippen LogP contribution is 2.39. The van der Waals surface area contributed by atoms with Crippen molar-refractivity contribution in [3.05, 3.63) is 47.5 Å². The lowest BCUT2D eigenvalue weighted by Crippen LogP contribution is -2.33. The number of phenolic OH excluding ortho intramolecular Hbond substituents is 2. The SMILES string of the molecule is COCCCCCNCCNC(=O)CC1CC(=O)Oc2cc(O)ccc21.O=C(CO)CCNC(=O)CC1CC(=O)Oc2cc(O)ccc21. The standard InChI is InChI=1S/C19H28N2O5.C15H17NO6/c1-25-10-4-2-3-7-20-8-9-21-18(23)11-14-12-19(24)26-17-13-15(22)5-6-16(14)17;17-8-11(19)3-4-16-14(20)5-9-6-15(21)22-13-7-10(18)1-2-12(9)13/h5-6,13-14,20,22H,2-4,7-12H2,1H3,(H,21,23);1-2,7,9,17-18H,3-6,8H2,(H,16,20). The van der Waals surface area contributed by atoms with Crippen LogP contribution in [0, 0.1) is 0 Å². The smallest absolute Gasteiger partial charge is 0.311 e. The Balaban J connectivity index is 0.000000264. The van der Waals surface area contributed by atoms with Gasteiger partial charge in [-0.15, -0.1) is 0 Å². The normalized spacial score (nSPS) is 16.3. The van der Waals surface area contributed by atoms with Crippen LogP contribution in [0.25, 0.3) is 0 Å². The van der Waals surface area contributed by atoms with E-state index in [2.05, 4.69) is 16.0 Å². The van der Waals surface area contributed by atoms with E-state index in [0.29, 0.717) is 24.4 Å². The summed E-state index contributed by atoms with van der Waals surface area (Å²) in [7, 11) is 1.71. The summed E-state index contributed by atoms with van der Waals surface area (Å²) >= 11 is 0. The minimum Gasteiger partial charge on any atom is -0.508 e. The van der Waals surface area contributed by atoms with Crippen LogP contribution in [0.5, 0.6) is 23.0 Å². The van der Waals surface area contributed by atoms with Gasteiger partial charge in [-0.25, -0.2) is 0 Å². The highest BCUT2D eigenvalue weighted by atomic mass is 16.5. The first-order valence-electron chi connectivity index (χ1n) is 16.0. The van der Waals surface area contributed by atoms with Crippen molar-refractivity contribution in [3.8, 4) is 23.0 Å². The maximum atomic E-state index is 12.1. The first-order valence-corrected chi connectivity index (χ1v) is 16.0. The lowest BCUT2D eigenvalue weighted by molar-refractivity contribution is -0.137. The van der Waals surface area contributed by atoms with Gasteiger partial charge in [-0.2, -0.15) is 0 Å². The maximum Gasteiger partial charge on any atom is 0.311 e. The number of carbonyl (C=O) groups excluding carboxylic acids is 5. The minimum atomic E-state index is -0.540. The molecule has 4 rings (SSSR count). The van der Waals surface area contributed by atoms with Crippen molar-refractivity contribution in [2.24, 2.45) is 0 Å². The van der Waals surface area contributed by atoms with Crippen molar-refractivity contribution < 1.29 is 53.5 Å². The number of carbonyl (C=O) groups is 5. The molecule has 2 amide bonds. The summed E-state index contributed by atoms with van der Waals surface area (Å²) in [5, 5.41) is 36.3. The summed E-state index contributed by atoms with van der Waals surface area (Å²) in [6, 6.07) is 9.11. The number of amides is 2. The van der Waals surface area contributed by atoms with Crippen LogP contribution in [0.1, 0.15) is 74.3 Å². The fraction of sp³-hybridized carbons (Fsp3) is 0.500. The van der Waals surface area contributed by atoms with Gasteiger partial charge in [-0.1, -0.05) is 12.1 Å². The van der Waals surface area contributed by atoms with E-state index in [4.69, 9.17) is 19.3 Å². The fourth-order valence-electron chi connectivity index (χ4n) is 5.31. The molecular formula is C34H45N3O11. The van der Waals surface area contributed by atoms with E-state index in [1.54, 1.807) is 25.3 Å². The second-order valence-corrected chi connectivity index (χ2v) is 11.6. The Morgan fingerprint density at radius 3 is 1.83 bits per heavy atom. The number of unbranched alkanes of at least 4 members (excludes halogenated alkanes) is 2. The predicted molar refractivity (Wildman–Crippen MR) is 173 cm³/mol. The molecule has 0 saturated carbocycles.